The number of fused-ring (bicyclic) bond motifs is 1. The number of hydrogen-bond donors (Lipinski definition) is 0. The Hall–Kier alpha value is -1.57. The minimum Gasteiger partial charge on any atom is -0.423 e. The molecule has 0 aliphatic heterocycles. The van der Waals surface area contributed by atoms with Crippen molar-refractivity contribution >= 4 is 11.0 Å². The van der Waals surface area contributed by atoms with Gasteiger partial charge in [0, 0.05) is 11.5 Å². The molecule has 0 bridgehead atoms. The lowest BCUT2D eigenvalue weighted by Crippen LogP contribution is -2.01. The molecule has 0 saturated carbocycles. The van der Waals surface area contributed by atoms with Crippen molar-refractivity contribution in [2.24, 2.45) is 0 Å². The Balaban J connectivity index is 2.90. The van der Waals surface area contributed by atoms with Gasteiger partial charge in [0.25, 0.3) is 0 Å². The van der Waals surface area contributed by atoms with Crippen LogP contribution in [0, 0.1) is 0 Å². The Morgan fingerprint density at radius 2 is 1.87 bits per heavy atom. The average molecular weight is 202 g/mol. The van der Waals surface area contributed by atoms with E-state index >= 15 is 0 Å². The minimum atomic E-state index is -0.257. The molecule has 1 aromatic carbocycles. The largest absolute Gasteiger partial charge is 0.423 e. The van der Waals surface area contributed by atoms with Crippen molar-refractivity contribution in [1.82, 2.24) is 0 Å². The van der Waals surface area contributed by atoms with Gasteiger partial charge in [-0.05, 0) is 30.0 Å². The third kappa shape index (κ3) is 1.67. The second-order valence-corrected chi connectivity index (χ2v) is 3.59. The normalized spacial score (nSPS) is 10.8. The zero-order chi connectivity index (χ0) is 10.8. The van der Waals surface area contributed by atoms with Crippen LogP contribution in [0.4, 0.5) is 0 Å². The van der Waals surface area contributed by atoms with Crippen LogP contribution in [0.1, 0.15) is 25.0 Å². The molecule has 1 aromatic heterocycles. The minimum absolute atomic E-state index is 0.257. The van der Waals surface area contributed by atoms with Gasteiger partial charge in [0.1, 0.15) is 5.58 Å². The highest BCUT2D eigenvalue weighted by atomic mass is 16.4. The van der Waals surface area contributed by atoms with Crippen LogP contribution < -0.4 is 5.63 Å². The van der Waals surface area contributed by atoms with Gasteiger partial charge >= 0.3 is 5.63 Å². The number of benzene rings is 1. The number of aryl methyl sites for hydroxylation is 2. The lowest BCUT2D eigenvalue weighted by atomic mass is 10.0. The van der Waals surface area contributed by atoms with E-state index in [1.807, 2.05) is 12.1 Å². The molecule has 0 fully saturated rings. The molecule has 0 amide bonds. The molecule has 2 aromatic rings. The summed E-state index contributed by atoms with van der Waals surface area (Å²) < 4.78 is 5.19. The second-order valence-electron chi connectivity index (χ2n) is 3.59. The summed E-state index contributed by atoms with van der Waals surface area (Å²) in [5, 5.41) is 1.11. The summed E-state index contributed by atoms with van der Waals surface area (Å²) >= 11 is 0. The maximum atomic E-state index is 11.3. The first-order chi connectivity index (χ1) is 7.26. The third-order valence-corrected chi connectivity index (χ3v) is 2.70. The van der Waals surface area contributed by atoms with Crippen molar-refractivity contribution in [1.29, 1.82) is 0 Å². The molecule has 0 aliphatic carbocycles. The van der Waals surface area contributed by atoms with Crippen LogP contribution in [0.25, 0.3) is 11.0 Å². The standard InChI is InChI=1S/C13H14O2/c1-3-9-6-5-7-11-13(9)10(4-2)8-12(14)15-11/h5-8H,3-4H2,1-2H3. The van der Waals surface area contributed by atoms with E-state index < -0.39 is 0 Å². The molecule has 78 valence electrons. The molecule has 2 rings (SSSR count). The molecule has 0 aliphatic rings. The molecule has 2 nitrogen and oxygen atoms in total. The van der Waals surface area contributed by atoms with Gasteiger partial charge in [0.05, 0.1) is 0 Å². The van der Waals surface area contributed by atoms with Gasteiger partial charge in [-0.1, -0.05) is 26.0 Å². The van der Waals surface area contributed by atoms with E-state index in [1.165, 1.54) is 5.56 Å². The monoisotopic (exact) mass is 202 g/mol. The summed E-state index contributed by atoms with van der Waals surface area (Å²) in [6.07, 6.45) is 1.82. The first-order valence-corrected chi connectivity index (χ1v) is 5.31. The van der Waals surface area contributed by atoms with E-state index in [1.54, 1.807) is 6.07 Å². The third-order valence-electron chi connectivity index (χ3n) is 2.70. The molecule has 0 radical (unpaired) electrons. The van der Waals surface area contributed by atoms with E-state index in [9.17, 15) is 4.79 Å². The van der Waals surface area contributed by atoms with Crippen LogP contribution in [0.5, 0.6) is 0 Å². The van der Waals surface area contributed by atoms with E-state index in [-0.39, 0.29) is 5.63 Å². The number of hydrogen-bond acceptors (Lipinski definition) is 2. The van der Waals surface area contributed by atoms with E-state index in [2.05, 4.69) is 19.9 Å². The van der Waals surface area contributed by atoms with Crippen LogP contribution in [-0.4, -0.2) is 0 Å². The predicted molar refractivity (Wildman–Crippen MR) is 61.2 cm³/mol. The summed E-state index contributed by atoms with van der Waals surface area (Å²) in [5.41, 5.74) is 2.78. The van der Waals surface area contributed by atoms with Crippen molar-refractivity contribution < 1.29 is 4.42 Å². The van der Waals surface area contributed by atoms with Crippen LogP contribution in [0.15, 0.2) is 33.5 Å². The van der Waals surface area contributed by atoms with Crippen molar-refractivity contribution in [3.05, 3.63) is 45.8 Å². The fourth-order valence-electron chi connectivity index (χ4n) is 1.95. The Morgan fingerprint density at radius 1 is 1.13 bits per heavy atom. The van der Waals surface area contributed by atoms with Crippen molar-refractivity contribution in [3.8, 4) is 0 Å². The van der Waals surface area contributed by atoms with Gasteiger partial charge in [-0.15, -0.1) is 0 Å². The van der Waals surface area contributed by atoms with Crippen molar-refractivity contribution in [2.75, 3.05) is 0 Å². The van der Waals surface area contributed by atoms with Crippen LogP contribution in [0.3, 0.4) is 0 Å². The summed E-state index contributed by atoms with van der Waals surface area (Å²) in [6.45, 7) is 4.17. The smallest absolute Gasteiger partial charge is 0.336 e. The van der Waals surface area contributed by atoms with E-state index in [0.29, 0.717) is 5.58 Å². The summed E-state index contributed by atoms with van der Waals surface area (Å²) in [4.78, 5) is 11.3. The zero-order valence-electron chi connectivity index (χ0n) is 9.04. The highest BCUT2D eigenvalue weighted by Gasteiger charge is 2.07. The van der Waals surface area contributed by atoms with E-state index in [4.69, 9.17) is 4.42 Å². The fraction of sp³-hybridized carbons (Fsp3) is 0.308. The SMILES string of the molecule is CCc1cccc2oc(=O)cc(CC)c12. The van der Waals surface area contributed by atoms with Gasteiger partial charge in [-0.25, -0.2) is 4.79 Å². The molecule has 0 N–H and O–H groups in total. The maximum Gasteiger partial charge on any atom is 0.336 e. The van der Waals surface area contributed by atoms with Gasteiger partial charge < -0.3 is 4.42 Å². The molecule has 0 atom stereocenters. The Morgan fingerprint density at radius 3 is 2.53 bits per heavy atom. The second kappa shape index (κ2) is 3.89. The van der Waals surface area contributed by atoms with Gasteiger partial charge in [-0.2, -0.15) is 0 Å². The van der Waals surface area contributed by atoms with Gasteiger partial charge in [-0.3, -0.25) is 0 Å². The first-order valence-electron chi connectivity index (χ1n) is 5.31. The Bertz CT molecular complexity index is 538. The molecular weight excluding hydrogens is 188 g/mol. The van der Waals surface area contributed by atoms with Crippen LogP contribution in [-0.2, 0) is 12.8 Å². The topological polar surface area (TPSA) is 30.2 Å². The highest BCUT2D eigenvalue weighted by molar-refractivity contribution is 5.83. The van der Waals surface area contributed by atoms with Crippen LogP contribution >= 0.6 is 0 Å². The lowest BCUT2D eigenvalue weighted by molar-refractivity contribution is 0.558. The van der Waals surface area contributed by atoms with Gasteiger partial charge in [0.15, 0.2) is 0 Å². The first kappa shape index (κ1) is 9.97. The van der Waals surface area contributed by atoms with E-state index in [0.717, 1.165) is 23.8 Å². The fourth-order valence-corrected chi connectivity index (χ4v) is 1.95. The molecule has 0 spiro atoms. The molecule has 0 saturated heterocycles. The quantitative estimate of drug-likeness (QED) is 0.701. The number of rotatable bonds is 2. The molecule has 2 heteroatoms. The Kier molecular flexibility index (Phi) is 2.58. The van der Waals surface area contributed by atoms with Gasteiger partial charge in [0.2, 0.25) is 0 Å². The van der Waals surface area contributed by atoms with Crippen molar-refractivity contribution in [3.63, 3.8) is 0 Å². The maximum absolute atomic E-state index is 11.3. The predicted octanol–water partition coefficient (Wildman–Crippen LogP) is 2.92. The Labute approximate surface area is 88.5 Å². The van der Waals surface area contributed by atoms with Crippen LogP contribution in [0.2, 0.25) is 0 Å². The lowest BCUT2D eigenvalue weighted by Gasteiger charge is -2.06. The summed E-state index contributed by atoms with van der Waals surface area (Å²) in [5.74, 6) is 0. The zero-order valence-corrected chi connectivity index (χ0v) is 9.04. The highest BCUT2D eigenvalue weighted by Crippen LogP contribution is 2.22. The summed E-state index contributed by atoms with van der Waals surface area (Å²) in [7, 11) is 0. The molecule has 0 unspecified atom stereocenters. The van der Waals surface area contributed by atoms with Crippen molar-refractivity contribution in [2.45, 2.75) is 26.7 Å². The molecular formula is C13H14O2. The molecule has 15 heavy (non-hydrogen) atoms. The summed E-state index contributed by atoms with van der Waals surface area (Å²) in [6, 6.07) is 7.47. The average Bonchev–Trinajstić information content (AvgIpc) is 2.26. The molecule has 1 heterocycles.